The number of ketones is 1. The minimum atomic E-state index is -0.331. The summed E-state index contributed by atoms with van der Waals surface area (Å²) in [6, 6.07) is 29.9. The molecule has 4 aromatic rings. The lowest BCUT2D eigenvalue weighted by Crippen LogP contribution is -2.10. The van der Waals surface area contributed by atoms with Crippen LogP contribution in [0.15, 0.2) is 115 Å². The van der Waals surface area contributed by atoms with E-state index in [4.69, 9.17) is 14.2 Å². The number of carbonyl (C=O) groups is 1. The number of hydrogen-bond acceptors (Lipinski definition) is 5. The molecule has 244 valence electrons. The van der Waals surface area contributed by atoms with E-state index in [0.29, 0.717) is 24.7 Å². The van der Waals surface area contributed by atoms with Crippen LogP contribution in [0.25, 0.3) is 12.2 Å². The molecule has 0 saturated carbocycles. The van der Waals surface area contributed by atoms with Crippen LogP contribution in [0.1, 0.15) is 74.9 Å². The van der Waals surface area contributed by atoms with E-state index in [2.05, 4.69) is 90.1 Å². The molecule has 4 rings (SSSR count). The third-order valence-electron chi connectivity index (χ3n) is 7.68. The van der Waals surface area contributed by atoms with E-state index < -0.39 is 0 Å². The lowest BCUT2D eigenvalue weighted by molar-refractivity contribution is -0.110. The minimum absolute atomic E-state index is 0.101. The van der Waals surface area contributed by atoms with E-state index in [9.17, 15) is 9.90 Å². The second kappa shape index (κ2) is 15.5. The maximum atomic E-state index is 12.4. The van der Waals surface area contributed by atoms with Crippen LogP contribution in [0.2, 0.25) is 0 Å². The molecule has 0 aliphatic carbocycles. The summed E-state index contributed by atoms with van der Waals surface area (Å²) < 4.78 is 17.5. The van der Waals surface area contributed by atoms with Crippen molar-refractivity contribution < 1.29 is 24.1 Å². The molecule has 0 bridgehead atoms. The summed E-state index contributed by atoms with van der Waals surface area (Å²) in [6.07, 6.45) is 7.48. The number of rotatable bonds is 12. The van der Waals surface area contributed by atoms with Gasteiger partial charge in [-0.25, -0.2) is 0 Å². The molecule has 0 amide bonds. The summed E-state index contributed by atoms with van der Waals surface area (Å²) in [5, 5.41) is 10.3. The molecule has 0 aromatic heterocycles. The molecule has 0 radical (unpaired) electrons. The Morgan fingerprint density at radius 2 is 1.15 bits per heavy atom. The van der Waals surface area contributed by atoms with Crippen LogP contribution in [0.3, 0.4) is 0 Å². The van der Waals surface area contributed by atoms with Crippen molar-refractivity contribution in [1.29, 1.82) is 0 Å². The van der Waals surface area contributed by atoms with Gasteiger partial charge in [-0.1, -0.05) is 120 Å². The van der Waals surface area contributed by atoms with Gasteiger partial charge in [-0.15, -0.1) is 0 Å². The second-order valence-corrected chi connectivity index (χ2v) is 13.6. The third kappa shape index (κ3) is 10.8. The van der Waals surface area contributed by atoms with E-state index in [-0.39, 0.29) is 22.4 Å². The molecular formula is C42H46O5. The Morgan fingerprint density at radius 3 is 1.68 bits per heavy atom. The van der Waals surface area contributed by atoms with E-state index >= 15 is 0 Å². The van der Waals surface area contributed by atoms with Gasteiger partial charge in [0.15, 0.2) is 17.3 Å². The molecule has 0 aliphatic rings. The van der Waals surface area contributed by atoms with E-state index in [1.165, 1.54) is 29.4 Å². The van der Waals surface area contributed by atoms with Gasteiger partial charge in [0.25, 0.3) is 0 Å². The van der Waals surface area contributed by atoms with E-state index in [0.717, 1.165) is 28.0 Å². The highest BCUT2D eigenvalue weighted by atomic mass is 16.5. The summed E-state index contributed by atoms with van der Waals surface area (Å²) in [6.45, 7) is 14.1. The SMILES string of the molecule is COc1cc(/C=C/C(O)=C/C(=O)/C=C/c2ccc(OCc3ccc(C(C)(C)C)cc3)cc2)ccc1OCc1ccc(C(C)(C)C)cc1. The molecular weight excluding hydrogens is 584 g/mol. The van der Waals surface area contributed by atoms with Gasteiger partial charge in [0, 0.05) is 6.08 Å². The molecule has 1 N–H and O–H groups in total. The zero-order chi connectivity index (χ0) is 34.0. The second-order valence-electron chi connectivity index (χ2n) is 13.6. The number of methoxy groups -OCH3 is 1. The first-order chi connectivity index (χ1) is 22.3. The lowest BCUT2D eigenvalue weighted by atomic mass is 9.87. The largest absolute Gasteiger partial charge is 0.508 e. The standard InChI is InChI=1S/C42H46O5/c1-41(2,3)34-17-8-32(9-18-34)28-46-38-23-14-30(15-24-38)12-21-36(43)27-37(44)22-13-31-16-25-39(40(26-31)45-7)47-29-33-10-19-35(20-11-33)42(4,5)6/h8-27,44H,28-29H2,1-7H3/b21-12+,22-13+,37-27-. The minimum Gasteiger partial charge on any atom is -0.508 e. The van der Waals surface area contributed by atoms with Crippen molar-refractivity contribution in [1.82, 2.24) is 0 Å². The number of ether oxygens (including phenoxy) is 3. The van der Waals surface area contributed by atoms with E-state index in [1.807, 2.05) is 42.5 Å². The van der Waals surface area contributed by atoms with Gasteiger partial charge in [0.1, 0.15) is 24.7 Å². The molecule has 4 aromatic carbocycles. The van der Waals surface area contributed by atoms with Crippen molar-refractivity contribution in [3.05, 3.63) is 148 Å². The molecule has 0 unspecified atom stereocenters. The normalized spacial score (nSPS) is 12.4. The highest BCUT2D eigenvalue weighted by Crippen LogP contribution is 2.30. The van der Waals surface area contributed by atoms with Crippen molar-refractivity contribution in [3.63, 3.8) is 0 Å². The number of aliphatic hydroxyl groups excluding tert-OH is 1. The summed E-state index contributed by atoms with van der Waals surface area (Å²) in [4.78, 5) is 12.4. The van der Waals surface area contributed by atoms with Crippen molar-refractivity contribution in [2.75, 3.05) is 7.11 Å². The number of allylic oxidation sites excluding steroid dienone is 3. The topological polar surface area (TPSA) is 65.0 Å². The third-order valence-corrected chi connectivity index (χ3v) is 7.68. The molecule has 47 heavy (non-hydrogen) atoms. The molecule has 0 fully saturated rings. The quantitative estimate of drug-likeness (QED) is 0.0959. The first-order valence-corrected chi connectivity index (χ1v) is 15.8. The number of benzene rings is 4. The highest BCUT2D eigenvalue weighted by molar-refractivity contribution is 6.02. The summed E-state index contributed by atoms with van der Waals surface area (Å²) in [5.41, 5.74) is 6.59. The van der Waals surface area contributed by atoms with Crippen LogP contribution in [-0.4, -0.2) is 18.0 Å². The predicted octanol–water partition coefficient (Wildman–Crippen LogP) is 10.2. The fourth-order valence-electron chi connectivity index (χ4n) is 4.71. The van der Waals surface area contributed by atoms with Gasteiger partial charge in [-0.2, -0.15) is 0 Å². The van der Waals surface area contributed by atoms with Crippen LogP contribution in [0.5, 0.6) is 17.2 Å². The number of aliphatic hydroxyl groups is 1. The maximum Gasteiger partial charge on any atom is 0.182 e. The smallest absolute Gasteiger partial charge is 0.182 e. The maximum absolute atomic E-state index is 12.4. The number of carbonyl (C=O) groups excluding carboxylic acids is 1. The average Bonchev–Trinajstić information content (AvgIpc) is 3.04. The van der Waals surface area contributed by atoms with Crippen LogP contribution in [0, 0.1) is 0 Å². The Hall–Kier alpha value is -5.03. The molecule has 0 heterocycles. The fraction of sp³-hybridized carbons (Fsp3) is 0.262. The van der Waals surface area contributed by atoms with Crippen molar-refractivity contribution in [2.45, 2.75) is 65.6 Å². The van der Waals surface area contributed by atoms with Crippen molar-refractivity contribution >= 4 is 17.9 Å². The van der Waals surface area contributed by atoms with Gasteiger partial charge in [-0.3, -0.25) is 4.79 Å². The van der Waals surface area contributed by atoms with Gasteiger partial charge in [0.05, 0.1) is 7.11 Å². The molecule has 5 heteroatoms. The van der Waals surface area contributed by atoms with Crippen LogP contribution >= 0.6 is 0 Å². The Bertz CT molecular complexity index is 1710. The zero-order valence-electron chi connectivity index (χ0n) is 28.5. The highest BCUT2D eigenvalue weighted by Gasteiger charge is 2.14. The average molecular weight is 631 g/mol. The predicted molar refractivity (Wildman–Crippen MR) is 192 cm³/mol. The zero-order valence-corrected chi connectivity index (χ0v) is 28.5. The van der Waals surface area contributed by atoms with Crippen molar-refractivity contribution in [2.24, 2.45) is 0 Å². The Morgan fingerprint density at radius 1 is 0.638 bits per heavy atom. The Kier molecular flexibility index (Phi) is 11.5. The lowest BCUT2D eigenvalue weighted by Gasteiger charge is -2.19. The Balaban J connectivity index is 1.27. The molecule has 5 nitrogen and oxygen atoms in total. The summed E-state index contributed by atoms with van der Waals surface area (Å²) in [5.74, 6) is 1.46. The van der Waals surface area contributed by atoms with Crippen LogP contribution in [0.4, 0.5) is 0 Å². The first-order valence-electron chi connectivity index (χ1n) is 15.8. The van der Waals surface area contributed by atoms with Crippen LogP contribution in [-0.2, 0) is 28.8 Å². The fourth-order valence-corrected chi connectivity index (χ4v) is 4.71. The van der Waals surface area contributed by atoms with Gasteiger partial charge in [0.2, 0.25) is 0 Å². The monoisotopic (exact) mass is 630 g/mol. The molecule has 0 spiro atoms. The van der Waals surface area contributed by atoms with Gasteiger partial charge >= 0.3 is 0 Å². The van der Waals surface area contributed by atoms with E-state index in [1.54, 1.807) is 19.3 Å². The van der Waals surface area contributed by atoms with Crippen LogP contribution < -0.4 is 14.2 Å². The molecule has 0 saturated heterocycles. The molecule has 0 aliphatic heterocycles. The number of hydrogen-bond donors (Lipinski definition) is 1. The van der Waals surface area contributed by atoms with Crippen molar-refractivity contribution in [3.8, 4) is 17.2 Å². The summed E-state index contributed by atoms with van der Waals surface area (Å²) in [7, 11) is 1.59. The first kappa shape index (κ1) is 34.8. The van der Waals surface area contributed by atoms with Gasteiger partial charge in [-0.05, 0) is 80.6 Å². The van der Waals surface area contributed by atoms with Gasteiger partial charge < -0.3 is 19.3 Å². The summed E-state index contributed by atoms with van der Waals surface area (Å²) >= 11 is 0. The Labute approximate surface area is 279 Å². The molecule has 0 atom stereocenters.